The van der Waals surface area contributed by atoms with Gasteiger partial charge in [-0.25, -0.2) is 0 Å². The summed E-state index contributed by atoms with van der Waals surface area (Å²) in [5.74, 6) is -0.106. The normalized spacial score (nSPS) is 11.3. The molecule has 0 aromatic heterocycles. The van der Waals surface area contributed by atoms with E-state index in [0.717, 1.165) is 25.7 Å². The number of nitrogens with two attached hydrogens (primary N) is 2. The van der Waals surface area contributed by atoms with E-state index >= 15 is 0 Å². The molecule has 17 heteroatoms. The fourth-order valence-corrected chi connectivity index (χ4v) is 3.75. The average molecular weight is 743 g/mol. The van der Waals surface area contributed by atoms with Crippen LogP contribution in [0.1, 0.15) is 38.5 Å². The van der Waals surface area contributed by atoms with Crippen molar-refractivity contribution < 1.29 is 61.7 Å². The third kappa shape index (κ3) is 44.5. The monoisotopic (exact) mass is 742 g/mol. The van der Waals surface area contributed by atoms with E-state index in [1.165, 1.54) is 0 Å². The Balaban J connectivity index is 3.20. The van der Waals surface area contributed by atoms with Gasteiger partial charge in [0, 0.05) is 52.4 Å². The van der Waals surface area contributed by atoms with Crippen LogP contribution >= 0.6 is 0 Å². The van der Waals surface area contributed by atoms with Gasteiger partial charge in [-0.2, -0.15) is 0 Å². The Hall–Kier alpha value is -1.58. The van der Waals surface area contributed by atoms with Crippen molar-refractivity contribution in [2.75, 3.05) is 172 Å². The van der Waals surface area contributed by atoms with Crippen molar-refractivity contribution in [1.82, 2.24) is 10.6 Å². The lowest BCUT2D eigenvalue weighted by atomic mass is 10.4. The van der Waals surface area contributed by atoms with Gasteiger partial charge >= 0.3 is 0 Å². The minimum absolute atomic E-state index is 0.0529. The van der Waals surface area contributed by atoms with Crippen LogP contribution in [0.2, 0.25) is 0 Å². The van der Waals surface area contributed by atoms with E-state index in [4.69, 9.17) is 63.6 Å². The predicted octanol–water partition coefficient (Wildman–Crippen LogP) is -0.341. The van der Waals surface area contributed by atoms with Crippen LogP contribution in [0.15, 0.2) is 0 Å². The quantitative estimate of drug-likeness (QED) is 0.0589. The van der Waals surface area contributed by atoms with Crippen molar-refractivity contribution in [2.24, 2.45) is 11.5 Å². The second-order valence-electron chi connectivity index (χ2n) is 10.9. The summed E-state index contributed by atoms with van der Waals surface area (Å²) in [7, 11) is 0. The molecule has 0 saturated heterocycles. The average Bonchev–Trinajstić information content (AvgIpc) is 3.13. The Kier molecular flexibility index (Phi) is 43.2. The summed E-state index contributed by atoms with van der Waals surface area (Å²) in [6.45, 7) is 13.2. The van der Waals surface area contributed by atoms with E-state index in [2.05, 4.69) is 10.6 Å². The molecule has 0 unspecified atom stereocenters. The van der Waals surface area contributed by atoms with E-state index in [-0.39, 0.29) is 11.8 Å². The smallest absolute Gasteiger partial charge is 0.222 e. The molecule has 17 nitrogen and oxygen atoms in total. The predicted molar refractivity (Wildman–Crippen MR) is 191 cm³/mol. The molecule has 0 heterocycles. The molecule has 51 heavy (non-hydrogen) atoms. The fourth-order valence-electron chi connectivity index (χ4n) is 3.75. The lowest BCUT2D eigenvalue weighted by Gasteiger charge is -2.09. The first kappa shape index (κ1) is 49.4. The van der Waals surface area contributed by atoms with Crippen molar-refractivity contribution in [1.29, 1.82) is 0 Å². The molecule has 0 aliphatic rings. The Morgan fingerprint density at radius 3 is 0.784 bits per heavy atom. The largest absolute Gasteiger partial charge is 0.379 e. The highest BCUT2D eigenvalue weighted by Crippen LogP contribution is 1.90. The van der Waals surface area contributed by atoms with Crippen LogP contribution < -0.4 is 22.1 Å². The molecule has 0 atom stereocenters. The molecule has 0 aromatic rings. The zero-order valence-electron chi connectivity index (χ0n) is 31.1. The summed E-state index contributed by atoms with van der Waals surface area (Å²) in [5.41, 5.74) is 10.8. The Morgan fingerprint density at radius 1 is 0.314 bits per heavy atom. The molecule has 0 rings (SSSR count). The Bertz CT molecular complexity index is 661. The molecule has 6 N–H and O–H groups in total. The molecule has 0 bridgehead atoms. The minimum Gasteiger partial charge on any atom is -0.379 e. The van der Waals surface area contributed by atoms with Gasteiger partial charge in [0.25, 0.3) is 0 Å². The number of hydrogen-bond acceptors (Lipinski definition) is 15. The van der Waals surface area contributed by atoms with Gasteiger partial charge in [0.15, 0.2) is 0 Å². The van der Waals surface area contributed by atoms with Gasteiger partial charge in [0.2, 0.25) is 11.8 Å². The molecule has 0 radical (unpaired) electrons. The van der Waals surface area contributed by atoms with Crippen molar-refractivity contribution in [3.63, 3.8) is 0 Å². The van der Waals surface area contributed by atoms with Crippen LogP contribution in [0.3, 0.4) is 0 Å². The highest BCUT2D eigenvalue weighted by Gasteiger charge is 2.02. The van der Waals surface area contributed by atoms with Crippen LogP contribution in [-0.2, 0) is 61.7 Å². The zero-order valence-corrected chi connectivity index (χ0v) is 31.1. The zero-order chi connectivity index (χ0) is 37.0. The molecular weight excluding hydrogens is 672 g/mol. The standard InChI is InChI=1S/C34H70N4O13/c35-7-1-11-41-17-23-47-25-19-43-13-3-9-37-33(39)5-15-45-21-27-49-29-31-51-32-30-50-28-22-46-16-6-34(40)38-10-4-14-44-20-26-48-24-18-42-12-2-8-36/h1-32,35-36H2,(H,37,39)(H,38,40). The molecule has 2 amide bonds. The summed E-state index contributed by atoms with van der Waals surface area (Å²) in [5, 5.41) is 5.70. The van der Waals surface area contributed by atoms with E-state index < -0.39 is 0 Å². The maximum atomic E-state index is 11.9. The summed E-state index contributed by atoms with van der Waals surface area (Å²) >= 11 is 0. The summed E-state index contributed by atoms with van der Waals surface area (Å²) in [6.07, 6.45) is 3.78. The molecule has 304 valence electrons. The maximum Gasteiger partial charge on any atom is 0.222 e. The third-order valence-corrected chi connectivity index (χ3v) is 6.48. The van der Waals surface area contributed by atoms with Crippen LogP contribution in [0.5, 0.6) is 0 Å². The van der Waals surface area contributed by atoms with Crippen molar-refractivity contribution in [3.8, 4) is 0 Å². The lowest BCUT2D eigenvalue weighted by Crippen LogP contribution is -2.26. The van der Waals surface area contributed by atoms with Gasteiger partial charge in [-0.15, -0.1) is 0 Å². The number of ether oxygens (including phenoxy) is 11. The van der Waals surface area contributed by atoms with Gasteiger partial charge in [0.1, 0.15) is 0 Å². The van der Waals surface area contributed by atoms with Gasteiger partial charge in [-0.05, 0) is 38.8 Å². The molecule has 0 aromatic carbocycles. The van der Waals surface area contributed by atoms with E-state index in [9.17, 15) is 9.59 Å². The molecule has 0 spiro atoms. The molecular formula is C34H70N4O13. The van der Waals surface area contributed by atoms with Crippen molar-refractivity contribution >= 4 is 11.8 Å². The first-order valence-corrected chi connectivity index (χ1v) is 18.5. The number of hydrogen-bond donors (Lipinski definition) is 4. The Morgan fingerprint density at radius 2 is 0.529 bits per heavy atom. The van der Waals surface area contributed by atoms with E-state index in [1.54, 1.807) is 0 Å². The van der Waals surface area contributed by atoms with Crippen molar-refractivity contribution in [3.05, 3.63) is 0 Å². The van der Waals surface area contributed by atoms with Crippen LogP contribution in [0.25, 0.3) is 0 Å². The van der Waals surface area contributed by atoms with Crippen LogP contribution in [-0.4, -0.2) is 183 Å². The van der Waals surface area contributed by atoms with Crippen LogP contribution in [0, 0.1) is 0 Å². The number of nitrogens with one attached hydrogen (secondary N) is 2. The maximum absolute atomic E-state index is 11.9. The Labute approximate surface area is 305 Å². The molecule has 0 saturated carbocycles. The summed E-state index contributed by atoms with van der Waals surface area (Å²) in [6, 6.07) is 0. The van der Waals surface area contributed by atoms with Crippen molar-refractivity contribution in [2.45, 2.75) is 38.5 Å². The second-order valence-corrected chi connectivity index (χ2v) is 10.9. The second kappa shape index (κ2) is 44.6. The van der Waals surface area contributed by atoms with Gasteiger partial charge in [-0.1, -0.05) is 0 Å². The first-order chi connectivity index (χ1) is 25.2. The number of amides is 2. The van der Waals surface area contributed by atoms with Gasteiger partial charge < -0.3 is 74.2 Å². The highest BCUT2D eigenvalue weighted by atomic mass is 16.6. The van der Waals surface area contributed by atoms with Gasteiger partial charge in [0.05, 0.1) is 119 Å². The third-order valence-electron chi connectivity index (χ3n) is 6.48. The minimum atomic E-state index is -0.0529. The van der Waals surface area contributed by atoms with Gasteiger partial charge in [-0.3, -0.25) is 9.59 Å². The molecule has 0 fully saturated rings. The summed E-state index contributed by atoms with van der Waals surface area (Å²) in [4.78, 5) is 23.7. The SMILES string of the molecule is NCCCOCCOCCOCCCNC(=O)CCOCCOCCOCCOCCOCCC(=O)NCCCOCCOCCOCCCN. The highest BCUT2D eigenvalue weighted by molar-refractivity contribution is 5.76. The number of carbonyl (C=O) groups excluding carboxylic acids is 2. The number of carbonyl (C=O) groups is 2. The lowest BCUT2D eigenvalue weighted by molar-refractivity contribution is -0.123. The fraction of sp³-hybridized carbons (Fsp3) is 0.941. The topological polar surface area (TPSA) is 212 Å². The van der Waals surface area contributed by atoms with Crippen LogP contribution in [0.4, 0.5) is 0 Å². The molecule has 0 aliphatic carbocycles. The number of rotatable bonds is 44. The van der Waals surface area contributed by atoms with E-state index in [1.807, 2.05) is 0 Å². The summed E-state index contributed by atoms with van der Waals surface area (Å²) < 4.78 is 59.7. The first-order valence-electron chi connectivity index (χ1n) is 18.5. The molecule has 0 aliphatic heterocycles. The van der Waals surface area contributed by atoms with E-state index in [0.29, 0.717) is 184 Å².